The smallest absolute Gasteiger partial charge is 0.387 e. The highest BCUT2D eigenvalue weighted by molar-refractivity contribution is 7.46. The maximum atomic E-state index is 10.9. The predicted molar refractivity (Wildman–Crippen MR) is 68.8 cm³/mol. The zero-order chi connectivity index (χ0) is 19.1. The molecule has 1 rings (SSSR count). The normalized spacial score (nSPS) is 35.9. The average Bonchev–Trinajstić information content (AvgIpc) is 2.32. The average molecular weight is 420 g/mol. The predicted octanol–water partition coefficient (Wildman–Crippen LogP) is -3.48. The second-order valence-electron chi connectivity index (χ2n) is 4.65. The fraction of sp³-hybridized carbons (Fsp3) is 1.00. The number of phosphoric acid groups is 3. The number of aliphatic hydroxyl groups is 3. The summed E-state index contributed by atoms with van der Waals surface area (Å²) < 4.78 is 44.7. The first-order chi connectivity index (χ1) is 10.5. The molecular formula is C6H15O15P3. The zero-order valence-electron chi connectivity index (χ0n) is 11.3. The van der Waals surface area contributed by atoms with Gasteiger partial charge < -0.3 is 44.7 Å². The number of rotatable bonds is 6. The highest BCUT2D eigenvalue weighted by Gasteiger charge is 2.56. The Morgan fingerprint density at radius 2 is 0.750 bits per heavy atom. The Morgan fingerprint density at radius 1 is 0.500 bits per heavy atom. The van der Waals surface area contributed by atoms with Crippen molar-refractivity contribution in [2.24, 2.45) is 0 Å². The fourth-order valence-electron chi connectivity index (χ4n) is 2.01. The first-order valence-corrected chi connectivity index (χ1v) is 10.4. The molecule has 3 unspecified atom stereocenters. The number of phosphoric ester groups is 3. The molecule has 0 aromatic heterocycles. The van der Waals surface area contributed by atoms with E-state index in [4.69, 9.17) is 29.4 Å². The van der Waals surface area contributed by atoms with Crippen molar-refractivity contribution >= 4 is 23.5 Å². The highest BCUT2D eigenvalue weighted by atomic mass is 31.2. The van der Waals surface area contributed by atoms with E-state index in [1.54, 1.807) is 0 Å². The van der Waals surface area contributed by atoms with Crippen molar-refractivity contribution in [3.8, 4) is 0 Å². The quantitative estimate of drug-likeness (QED) is 0.189. The Morgan fingerprint density at radius 3 is 1.08 bits per heavy atom. The molecule has 15 nitrogen and oxygen atoms in total. The maximum absolute atomic E-state index is 10.9. The molecule has 0 aromatic carbocycles. The minimum atomic E-state index is -5.43. The van der Waals surface area contributed by atoms with E-state index < -0.39 is 60.1 Å². The molecule has 0 amide bonds. The van der Waals surface area contributed by atoms with Gasteiger partial charge in [-0.15, -0.1) is 0 Å². The van der Waals surface area contributed by atoms with Crippen LogP contribution >= 0.6 is 23.5 Å². The van der Waals surface area contributed by atoms with Gasteiger partial charge in [0.05, 0.1) is 0 Å². The van der Waals surface area contributed by atoms with Crippen molar-refractivity contribution in [1.82, 2.24) is 0 Å². The number of aliphatic hydroxyl groups excluding tert-OH is 3. The second kappa shape index (κ2) is 7.45. The minimum absolute atomic E-state index is 2.32. The van der Waals surface area contributed by atoms with E-state index in [2.05, 4.69) is 13.6 Å². The Kier molecular flexibility index (Phi) is 6.90. The molecule has 0 radical (unpaired) electrons. The molecule has 0 aliphatic heterocycles. The van der Waals surface area contributed by atoms with Crippen LogP contribution in [0.25, 0.3) is 0 Å². The standard InChI is InChI=1S/C6H15O15P3/c7-1-2(8)5(20-23(13,14)15)6(21-24(16,17)18)3(9)4(1)19-22(10,11)12/h1-9H,(H2,10,11,12)(H2,13,14,15)(H2,16,17,18)/t1?,2-,3+,4?,5?,6+/m1/s1. The van der Waals surface area contributed by atoms with Crippen LogP contribution in [0.3, 0.4) is 0 Å². The molecule has 0 bridgehead atoms. The van der Waals surface area contributed by atoms with Gasteiger partial charge in [0.15, 0.2) is 0 Å². The lowest BCUT2D eigenvalue weighted by Crippen LogP contribution is -2.65. The van der Waals surface area contributed by atoms with Crippen molar-refractivity contribution in [1.29, 1.82) is 0 Å². The molecule has 1 aliphatic carbocycles. The van der Waals surface area contributed by atoms with Crippen LogP contribution in [0.1, 0.15) is 0 Å². The molecule has 6 atom stereocenters. The molecular weight excluding hydrogens is 405 g/mol. The van der Waals surface area contributed by atoms with Crippen molar-refractivity contribution in [3.05, 3.63) is 0 Å². The molecule has 144 valence electrons. The monoisotopic (exact) mass is 420 g/mol. The summed E-state index contributed by atoms with van der Waals surface area (Å²) in [4.78, 5) is 52.4. The molecule has 0 heterocycles. The summed E-state index contributed by atoms with van der Waals surface area (Å²) in [5.74, 6) is 0. The fourth-order valence-corrected chi connectivity index (χ4v) is 3.70. The van der Waals surface area contributed by atoms with Gasteiger partial charge in [-0.1, -0.05) is 0 Å². The van der Waals surface area contributed by atoms with Crippen LogP contribution in [-0.4, -0.2) is 81.3 Å². The van der Waals surface area contributed by atoms with Crippen LogP contribution in [-0.2, 0) is 27.3 Å². The van der Waals surface area contributed by atoms with Crippen LogP contribution in [0.2, 0.25) is 0 Å². The van der Waals surface area contributed by atoms with E-state index in [9.17, 15) is 29.0 Å². The summed E-state index contributed by atoms with van der Waals surface area (Å²) in [6.45, 7) is 0. The number of hydrogen-bond donors (Lipinski definition) is 9. The Hall–Kier alpha value is 0.210. The molecule has 0 spiro atoms. The molecule has 1 aliphatic rings. The van der Waals surface area contributed by atoms with Gasteiger partial charge in [0.2, 0.25) is 0 Å². The molecule has 0 aromatic rings. The molecule has 0 saturated heterocycles. The van der Waals surface area contributed by atoms with Gasteiger partial charge in [-0.2, -0.15) is 0 Å². The second-order valence-corrected chi connectivity index (χ2v) is 8.23. The lowest BCUT2D eigenvalue weighted by atomic mass is 9.85. The zero-order valence-corrected chi connectivity index (χ0v) is 14.0. The SMILES string of the molecule is O=P(O)(O)OC1[C@H](O)C(O)C(OP(=O)(O)O)[C@H](O)[C@@H]1OP(=O)(O)O. The summed E-state index contributed by atoms with van der Waals surface area (Å²) in [5.41, 5.74) is 0. The summed E-state index contributed by atoms with van der Waals surface area (Å²) in [7, 11) is -16.2. The number of hydrogen-bond acceptors (Lipinski definition) is 9. The summed E-state index contributed by atoms with van der Waals surface area (Å²) in [5, 5.41) is 29.3. The Bertz CT molecular complexity index is 574. The van der Waals surface area contributed by atoms with Gasteiger partial charge in [0, 0.05) is 0 Å². The maximum Gasteiger partial charge on any atom is 0.470 e. The Labute approximate surface area is 133 Å². The molecule has 18 heteroatoms. The van der Waals surface area contributed by atoms with Crippen LogP contribution in [0, 0.1) is 0 Å². The largest absolute Gasteiger partial charge is 0.470 e. The van der Waals surface area contributed by atoms with Crippen molar-refractivity contribution < 1.29 is 71.9 Å². The van der Waals surface area contributed by atoms with Gasteiger partial charge in [-0.3, -0.25) is 13.6 Å². The highest BCUT2D eigenvalue weighted by Crippen LogP contribution is 2.49. The van der Waals surface area contributed by atoms with Crippen LogP contribution < -0.4 is 0 Å². The topological polar surface area (TPSA) is 261 Å². The molecule has 1 fully saturated rings. The first-order valence-electron chi connectivity index (χ1n) is 5.78. The van der Waals surface area contributed by atoms with E-state index in [0.29, 0.717) is 0 Å². The summed E-state index contributed by atoms with van der Waals surface area (Å²) in [6.07, 6.45) is -14.3. The van der Waals surface area contributed by atoms with Gasteiger partial charge in [-0.25, -0.2) is 13.7 Å². The van der Waals surface area contributed by atoms with E-state index in [1.165, 1.54) is 0 Å². The minimum Gasteiger partial charge on any atom is -0.387 e. The third kappa shape index (κ3) is 6.50. The van der Waals surface area contributed by atoms with E-state index >= 15 is 0 Å². The van der Waals surface area contributed by atoms with Gasteiger partial charge in [-0.05, 0) is 0 Å². The van der Waals surface area contributed by atoms with E-state index in [0.717, 1.165) is 0 Å². The van der Waals surface area contributed by atoms with Crippen molar-refractivity contribution in [2.45, 2.75) is 36.6 Å². The third-order valence-electron chi connectivity index (χ3n) is 2.80. The summed E-state index contributed by atoms with van der Waals surface area (Å²) in [6, 6.07) is 0. The van der Waals surface area contributed by atoms with Gasteiger partial charge in [0.1, 0.15) is 36.6 Å². The Balaban J connectivity index is 3.23. The molecule has 9 N–H and O–H groups in total. The third-order valence-corrected chi connectivity index (χ3v) is 4.35. The molecule has 1 saturated carbocycles. The van der Waals surface area contributed by atoms with Crippen LogP contribution in [0.4, 0.5) is 0 Å². The lowest BCUT2D eigenvalue weighted by molar-refractivity contribution is -0.212. The van der Waals surface area contributed by atoms with Crippen molar-refractivity contribution in [3.63, 3.8) is 0 Å². The van der Waals surface area contributed by atoms with E-state index in [1.807, 2.05) is 0 Å². The van der Waals surface area contributed by atoms with E-state index in [-0.39, 0.29) is 0 Å². The van der Waals surface area contributed by atoms with Gasteiger partial charge >= 0.3 is 23.5 Å². The summed E-state index contributed by atoms with van der Waals surface area (Å²) >= 11 is 0. The first kappa shape index (κ1) is 22.3. The van der Waals surface area contributed by atoms with Crippen LogP contribution in [0.15, 0.2) is 0 Å². The molecule has 24 heavy (non-hydrogen) atoms. The van der Waals surface area contributed by atoms with Crippen molar-refractivity contribution in [2.75, 3.05) is 0 Å². The van der Waals surface area contributed by atoms with Crippen LogP contribution in [0.5, 0.6) is 0 Å². The van der Waals surface area contributed by atoms with Gasteiger partial charge in [0.25, 0.3) is 0 Å². The lowest BCUT2D eigenvalue weighted by Gasteiger charge is -2.44.